The zero-order valence-corrected chi connectivity index (χ0v) is 15.9. The van der Waals surface area contributed by atoms with Crippen LogP contribution >= 0.6 is 0 Å². The number of hydrogen-bond donors (Lipinski definition) is 2. The third-order valence-corrected chi connectivity index (χ3v) is 4.36. The first-order valence-corrected chi connectivity index (χ1v) is 8.98. The number of nitrogens with one attached hydrogen (secondary N) is 2. The average Bonchev–Trinajstić information content (AvgIpc) is 3.03. The summed E-state index contributed by atoms with van der Waals surface area (Å²) in [5.74, 6) is 0.436. The Kier molecular flexibility index (Phi) is 6.76. The van der Waals surface area contributed by atoms with Crippen molar-refractivity contribution in [3.05, 3.63) is 53.3 Å². The van der Waals surface area contributed by atoms with Crippen molar-refractivity contribution in [3.63, 3.8) is 0 Å². The maximum absolute atomic E-state index is 12.2. The molecule has 2 atom stereocenters. The van der Waals surface area contributed by atoms with Crippen LogP contribution in [0.2, 0.25) is 0 Å². The Labute approximate surface area is 150 Å². The van der Waals surface area contributed by atoms with Crippen LogP contribution in [0, 0.1) is 12.8 Å². The molecule has 0 aliphatic carbocycles. The highest BCUT2D eigenvalue weighted by molar-refractivity contribution is 5.94. The molecule has 1 aromatic heterocycles. The lowest BCUT2D eigenvalue weighted by Gasteiger charge is -2.22. The van der Waals surface area contributed by atoms with Crippen molar-refractivity contribution in [2.45, 2.75) is 53.2 Å². The lowest BCUT2D eigenvalue weighted by molar-refractivity contribution is 0.0949. The molecular formula is C20H30N4O. The monoisotopic (exact) mass is 342 g/mol. The Morgan fingerprint density at radius 1 is 1.24 bits per heavy atom. The van der Waals surface area contributed by atoms with Gasteiger partial charge in [0, 0.05) is 30.9 Å². The summed E-state index contributed by atoms with van der Waals surface area (Å²) in [5.41, 5.74) is 2.98. The van der Waals surface area contributed by atoms with Crippen molar-refractivity contribution < 1.29 is 4.79 Å². The molecule has 1 amide bonds. The maximum Gasteiger partial charge on any atom is 0.251 e. The van der Waals surface area contributed by atoms with Crippen molar-refractivity contribution in [3.8, 4) is 0 Å². The van der Waals surface area contributed by atoms with Gasteiger partial charge in [-0.05, 0) is 49.9 Å². The molecule has 0 fully saturated rings. The van der Waals surface area contributed by atoms with Gasteiger partial charge in [-0.3, -0.25) is 9.48 Å². The highest BCUT2D eigenvalue weighted by atomic mass is 16.1. The first-order chi connectivity index (χ1) is 11.9. The topological polar surface area (TPSA) is 59.0 Å². The summed E-state index contributed by atoms with van der Waals surface area (Å²) in [4.78, 5) is 12.2. The smallest absolute Gasteiger partial charge is 0.251 e. The molecule has 0 unspecified atom stereocenters. The van der Waals surface area contributed by atoms with E-state index in [9.17, 15) is 4.79 Å². The lowest BCUT2D eigenvalue weighted by atomic mass is 10.1. The predicted molar refractivity (Wildman–Crippen MR) is 102 cm³/mol. The van der Waals surface area contributed by atoms with E-state index in [1.165, 1.54) is 5.56 Å². The number of aryl methyl sites for hydroxylation is 1. The van der Waals surface area contributed by atoms with Crippen LogP contribution in [0.1, 0.15) is 55.2 Å². The number of benzene rings is 1. The van der Waals surface area contributed by atoms with Crippen molar-refractivity contribution >= 4 is 5.91 Å². The molecule has 1 heterocycles. The van der Waals surface area contributed by atoms with Crippen molar-refractivity contribution in [1.82, 2.24) is 20.4 Å². The number of amides is 1. The summed E-state index contributed by atoms with van der Waals surface area (Å²) in [6, 6.07) is 8.31. The van der Waals surface area contributed by atoms with Gasteiger partial charge in [-0.1, -0.05) is 26.0 Å². The van der Waals surface area contributed by atoms with E-state index in [4.69, 9.17) is 0 Å². The fraction of sp³-hybridized carbons (Fsp3) is 0.500. The van der Waals surface area contributed by atoms with Gasteiger partial charge in [-0.25, -0.2) is 0 Å². The molecule has 0 radical (unpaired) electrons. The number of rotatable bonds is 8. The Balaban J connectivity index is 1.92. The third-order valence-electron chi connectivity index (χ3n) is 4.36. The first-order valence-electron chi connectivity index (χ1n) is 8.98. The number of aromatic nitrogens is 2. The van der Waals surface area contributed by atoms with Gasteiger partial charge in [0.2, 0.25) is 0 Å². The number of hydrogen-bond acceptors (Lipinski definition) is 3. The SMILES string of the molecule is Cc1cnn([C@@H](C)[C@@H](C)NCc2cccc(C(=O)NCC(C)C)c2)c1. The van der Waals surface area contributed by atoms with Crippen LogP contribution in [-0.4, -0.2) is 28.3 Å². The second kappa shape index (κ2) is 8.81. The van der Waals surface area contributed by atoms with Crippen LogP contribution < -0.4 is 10.6 Å². The third kappa shape index (κ3) is 5.71. The van der Waals surface area contributed by atoms with E-state index >= 15 is 0 Å². The highest BCUT2D eigenvalue weighted by Gasteiger charge is 2.14. The Bertz CT molecular complexity index is 693. The zero-order chi connectivity index (χ0) is 18.4. The van der Waals surface area contributed by atoms with Crippen molar-refractivity contribution in [2.75, 3.05) is 6.54 Å². The summed E-state index contributed by atoms with van der Waals surface area (Å²) in [7, 11) is 0. The van der Waals surface area contributed by atoms with E-state index < -0.39 is 0 Å². The summed E-state index contributed by atoms with van der Waals surface area (Å²) < 4.78 is 1.99. The number of carbonyl (C=O) groups excluding carboxylic acids is 1. The standard InChI is InChI=1S/C20H30N4O/c1-14(2)10-22-20(25)19-8-6-7-18(9-19)12-21-16(4)17(5)24-13-15(3)11-23-24/h6-9,11,13-14,16-17,21H,10,12H2,1-5H3,(H,22,25)/t16-,17+/m1/s1. The minimum Gasteiger partial charge on any atom is -0.352 e. The van der Waals surface area contributed by atoms with Gasteiger partial charge in [-0.15, -0.1) is 0 Å². The van der Waals surface area contributed by atoms with Crippen molar-refractivity contribution in [2.24, 2.45) is 5.92 Å². The molecule has 5 nitrogen and oxygen atoms in total. The molecule has 0 aliphatic rings. The molecular weight excluding hydrogens is 312 g/mol. The van der Waals surface area contributed by atoms with E-state index in [2.05, 4.69) is 49.6 Å². The zero-order valence-electron chi connectivity index (χ0n) is 15.9. The number of carbonyl (C=O) groups is 1. The summed E-state index contributed by atoms with van der Waals surface area (Å²) in [6.45, 7) is 11.9. The largest absolute Gasteiger partial charge is 0.352 e. The Hall–Kier alpha value is -2.14. The first kappa shape index (κ1) is 19.2. The van der Waals surface area contributed by atoms with E-state index in [1.807, 2.05) is 42.1 Å². The van der Waals surface area contributed by atoms with Gasteiger partial charge in [0.05, 0.1) is 12.2 Å². The van der Waals surface area contributed by atoms with E-state index in [0.29, 0.717) is 18.0 Å². The van der Waals surface area contributed by atoms with Crippen molar-refractivity contribution in [1.29, 1.82) is 0 Å². The molecule has 1 aromatic carbocycles. The van der Waals surface area contributed by atoms with E-state index in [1.54, 1.807) is 0 Å². The van der Waals surface area contributed by atoms with E-state index in [-0.39, 0.29) is 18.0 Å². The molecule has 5 heteroatoms. The van der Waals surface area contributed by atoms with Gasteiger partial charge in [-0.2, -0.15) is 5.10 Å². The second-order valence-corrected chi connectivity index (χ2v) is 7.21. The molecule has 2 N–H and O–H groups in total. The van der Waals surface area contributed by atoms with Gasteiger partial charge >= 0.3 is 0 Å². The molecule has 136 valence electrons. The van der Waals surface area contributed by atoms with Gasteiger partial charge < -0.3 is 10.6 Å². The van der Waals surface area contributed by atoms with Crippen LogP contribution in [0.15, 0.2) is 36.7 Å². The summed E-state index contributed by atoms with van der Waals surface area (Å²) in [5, 5.41) is 10.9. The van der Waals surface area contributed by atoms with Crippen LogP contribution in [0.25, 0.3) is 0 Å². The Morgan fingerprint density at radius 3 is 2.64 bits per heavy atom. The minimum atomic E-state index is -0.0102. The lowest BCUT2D eigenvalue weighted by Crippen LogP contribution is -2.33. The van der Waals surface area contributed by atoms with Crippen LogP contribution in [0.5, 0.6) is 0 Å². The molecule has 0 bridgehead atoms. The molecule has 2 aromatic rings. The molecule has 0 spiro atoms. The average molecular weight is 342 g/mol. The van der Waals surface area contributed by atoms with E-state index in [0.717, 1.165) is 12.1 Å². The molecule has 0 aliphatic heterocycles. The van der Waals surface area contributed by atoms with Crippen LogP contribution in [0.3, 0.4) is 0 Å². The molecule has 0 saturated carbocycles. The minimum absolute atomic E-state index is 0.0102. The molecule has 25 heavy (non-hydrogen) atoms. The fourth-order valence-electron chi connectivity index (χ4n) is 2.56. The Morgan fingerprint density at radius 2 is 2.00 bits per heavy atom. The van der Waals surface area contributed by atoms with Gasteiger partial charge in [0.25, 0.3) is 5.91 Å². The van der Waals surface area contributed by atoms with Gasteiger partial charge in [0.15, 0.2) is 0 Å². The predicted octanol–water partition coefficient (Wildman–Crippen LogP) is 3.32. The second-order valence-electron chi connectivity index (χ2n) is 7.21. The number of nitrogens with zero attached hydrogens (tertiary/aromatic N) is 2. The van der Waals surface area contributed by atoms with Gasteiger partial charge in [0.1, 0.15) is 0 Å². The van der Waals surface area contributed by atoms with Crippen LogP contribution in [0.4, 0.5) is 0 Å². The fourth-order valence-corrected chi connectivity index (χ4v) is 2.56. The highest BCUT2D eigenvalue weighted by Crippen LogP contribution is 2.12. The quantitative estimate of drug-likeness (QED) is 0.774. The maximum atomic E-state index is 12.2. The summed E-state index contributed by atoms with van der Waals surface area (Å²) >= 11 is 0. The summed E-state index contributed by atoms with van der Waals surface area (Å²) in [6.07, 6.45) is 3.94. The molecule has 0 saturated heterocycles. The normalized spacial score (nSPS) is 13.7. The van der Waals surface area contributed by atoms with Crippen LogP contribution in [-0.2, 0) is 6.54 Å². The molecule has 2 rings (SSSR count).